The van der Waals surface area contributed by atoms with Crippen LogP contribution in [0.25, 0.3) is 107 Å². The Labute approximate surface area is 306 Å². The van der Waals surface area contributed by atoms with Crippen molar-refractivity contribution in [2.45, 2.75) is 0 Å². The van der Waals surface area contributed by atoms with Gasteiger partial charge in [0.1, 0.15) is 0 Å². The molecule has 2 heterocycles. The van der Waals surface area contributed by atoms with E-state index in [-0.39, 0.29) is 14.5 Å². The number of furan rings is 1. The molecule has 0 amide bonds. The molecule has 2 aromatic heterocycles. The molecule has 52 heavy (non-hydrogen) atoms. The average molecular weight is 726 g/mol. The van der Waals surface area contributed by atoms with E-state index >= 15 is 0 Å². The van der Waals surface area contributed by atoms with Crippen LogP contribution < -0.4 is 0 Å². The van der Waals surface area contributed by atoms with Gasteiger partial charge < -0.3 is 0 Å². The monoisotopic (exact) mass is 726 g/mol. The maximum absolute atomic E-state index is 5.58. The molecule has 0 aliphatic heterocycles. The van der Waals surface area contributed by atoms with Gasteiger partial charge in [-0.25, -0.2) is 0 Å². The van der Waals surface area contributed by atoms with Crippen LogP contribution in [0, 0.1) is 0 Å². The van der Waals surface area contributed by atoms with E-state index in [1.807, 2.05) is 6.26 Å². The molecular weight excluding hydrogens is 696 g/mol. The summed E-state index contributed by atoms with van der Waals surface area (Å²) in [6.45, 7) is 0. The van der Waals surface area contributed by atoms with Crippen LogP contribution in [0.5, 0.6) is 0 Å². The van der Waals surface area contributed by atoms with Crippen LogP contribution in [-0.4, -0.2) is 14.5 Å². The van der Waals surface area contributed by atoms with Gasteiger partial charge in [-0.3, -0.25) is 0 Å². The third kappa shape index (κ3) is 4.36. The maximum atomic E-state index is 5.58. The normalized spacial score (nSPS) is 11.8. The zero-order valence-corrected chi connectivity index (χ0v) is 29.9. The van der Waals surface area contributed by atoms with Gasteiger partial charge in [-0.1, -0.05) is 0 Å². The molecule has 1 nitrogen and oxygen atoms in total. The molecule has 0 bridgehead atoms. The number of rotatable bonds is 4. The van der Waals surface area contributed by atoms with Crippen LogP contribution >= 0.6 is 0 Å². The first-order valence-electron chi connectivity index (χ1n) is 17.7. The molecule has 11 rings (SSSR count). The first-order chi connectivity index (χ1) is 25.8. The van der Waals surface area contributed by atoms with E-state index in [0.29, 0.717) is 0 Å². The number of hydrogen-bond acceptors (Lipinski definition) is 1. The van der Waals surface area contributed by atoms with Gasteiger partial charge in [0.05, 0.1) is 0 Å². The Morgan fingerprint density at radius 2 is 0.808 bits per heavy atom. The quantitative estimate of drug-likeness (QED) is 0.130. The third-order valence-electron chi connectivity index (χ3n) is 10.8. The number of fused-ring (bicyclic) bond motifs is 7. The molecule has 0 unspecified atom stereocenters. The molecule has 242 valence electrons. The second-order valence-electron chi connectivity index (χ2n) is 13.6. The Kier molecular flexibility index (Phi) is 6.64. The minimum absolute atomic E-state index is 0.162. The summed E-state index contributed by atoms with van der Waals surface area (Å²) < 4.78 is 8.49. The molecular formula is C50H30OSe. The summed E-state index contributed by atoms with van der Waals surface area (Å²) in [6, 6.07) is 62.8. The zero-order valence-electron chi connectivity index (χ0n) is 28.1. The Morgan fingerprint density at radius 3 is 1.35 bits per heavy atom. The van der Waals surface area contributed by atoms with Crippen molar-refractivity contribution in [1.29, 1.82) is 0 Å². The molecule has 0 spiro atoms. The Hall–Kier alpha value is -6.18. The van der Waals surface area contributed by atoms with Crippen molar-refractivity contribution in [3.63, 3.8) is 0 Å². The summed E-state index contributed by atoms with van der Waals surface area (Å²) in [6.07, 6.45) is 3.63. The molecule has 0 radical (unpaired) electrons. The van der Waals surface area contributed by atoms with Crippen LogP contribution in [0.4, 0.5) is 0 Å². The van der Waals surface area contributed by atoms with E-state index in [9.17, 15) is 0 Å². The van der Waals surface area contributed by atoms with Gasteiger partial charge >= 0.3 is 308 Å². The van der Waals surface area contributed by atoms with Crippen LogP contribution in [0.15, 0.2) is 187 Å². The van der Waals surface area contributed by atoms with Gasteiger partial charge in [0.15, 0.2) is 0 Å². The van der Waals surface area contributed by atoms with Crippen molar-refractivity contribution >= 4 is 76.9 Å². The average Bonchev–Trinajstić information content (AvgIpc) is 3.88. The standard InChI is InChI=1S/C50H30OSe/c1-2-13-31(14-3-1)46-38-19-8-10-21-40(38)49(41-22-11-9-20-39(41)46)43-24-12-23-42-44-29-32(25-26-45(44)52-50(42)43)47-34-15-4-6-17-36(34)48(33-27-28-51-30-33)37-18-7-5-16-35(37)47/h1-30H. The zero-order chi connectivity index (χ0) is 34.2. The fraction of sp³-hybridized carbons (Fsp3) is 0. The van der Waals surface area contributed by atoms with Gasteiger partial charge in [-0.15, -0.1) is 0 Å². The molecule has 0 saturated carbocycles. The second kappa shape index (κ2) is 11.7. The fourth-order valence-electron chi connectivity index (χ4n) is 8.64. The van der Waals surface area contributed by atoms with Gasteiger partial charge in [-0.05, 0) is 0 Å². The van der Waals surface area contributed by atoms with Crippen molar-refractivity contribution in [3.05, 3.63) is 182 Å². The van der Waals surface area contributed by atoms with E-state index in [0.717, 1.165) is 5.56 Å². The van der Waals surface area contributed by atoms with Crippen molar-refractivity contribution in [3.8, 4) is 44.5 Å². The van der Waals surface area contributed by atoms with Gasteiger partial charge in [0.2, 0.25) is 0 Å². The molecule has 0 atom stereocenters. The van der Waals surface area contributed by atoms with Gasteiger partial charge in [0.25, 0.3) is 0 Å². The molecule has 0 aliphatic rings. The summed E-state index contributed by atoms with van der Waals surface area (Å²) >= 11 is 0.162. The second-order valence-corrected chi connectivity index (χ2v) is 15.8. The fourth-order valence-corrected chi connectivity index (χ4v) is 11.2. The summed E-state index contributed by atoms with van der Waals surface area (Å²) in [5, 5.41) is 12.9. The third-order valence-corrected chi connectivity index (χ3v) is 13.3. The molecule has 11 aromatic rings. The van der Waals surface area contributed by atoms with Gasteiger partial charge in [-0.2, -0.15) is 0 Å². The van der Waals surface area contributed by atoms with E-state index < -0.39 is 0 Å². The molecule has 2 heteroatoms. The first-order valence-corrected chi connectivity index (χ1v) is 19.5. The summed E-state index contributed by atoms with van der Waals surface area (Å²) in [7, 11) is 0. The van der Waals surface area contributed by atoms with Crippen LogP contribution in [0.3, 0.4) is 0 Å². The van der Waals surface area contributed by atoms with Crippen molar-refractivity contribution in [1.82, 2.24) is 0 Å². The Bertz CT molecular complexity index is 3050. The van der Waals surface area contributed by atoms with Crippen LogP contribution in [0.1, 0.15) is 0 Å². The van der Waals surface area contributed by atoms with Crippen molar-refractivity contribution < 1.29 is 4.42 Å². The summed E-state index contributed by atoms with van der Waals surface area (Å²) in [4.78, 5) is 0. The van der Waals surface area contributed by atoms with E-state index in [4.69, 9.17) is 4.42 Å². The van der Waals surface area contributed by atoms with E-state index in [1.165, 1.54) is 101 Å². The van der Waals surface area contributed by atoms with E-state index in [2.05, 4.69) is 170 Å². The van der Waals surface area contributed by atoms with Crippen LogP contribution in [0.2, 0.25) is 0 Å². The predicted octanol–water partition coefficient (Wildman–Crippen LogP) is 13.9. The first kappa shape index (κ1) is 29.5. The number of hydrogen-bond donors (Lipinski definition) is 0. The molecule has 9 aromatic carbocycles. The van der Waals surface area contributed by atoms with Crippen molar-refractivity contribution in [2.75, 3.05) is 0 Å². The Balaban J connectivity index is 1.19. The topological polar surface area (TPSA) is 13.1 Å². The number of benzene rings is 9. The Morgan fingerprint density at radius 1 is 0.327 bits per heavy atom. The van der Waals surface area contributed by atoms with Crippen LogP contribution in [-0.2, 0) is 0 Å². The SMILES string of the molecule is c1ccc(-c2c3ccccc3c(-c3cccc4c3[se]c3ccc(-c5c6ccccc6c(-c6ccoc6)c6ccccc56)cc34)c3ccccc23)cc1. The summed E-state index contributed by atoms with van der Waals surface area (Å²) in [5.74, 6) is 0. The molecule has 0 aliphatic carbocycles. The van der Waals surface area contributed by atoms with E-state index in [1.54, 1.807) is 6.26 Å². The van der Waals surface area contributed by atoms with Gasteiger partial charge in [0, 0.05) is 0 Å². The predicted molar refractivity (Wildman–Crippen MR) is 222 cm³/mol. The molecule has 0 fully saturated rings. The molecule has 0 N–H and O–H groups in total. The minimum atomic E-state index is 0.162. The summed E-state index contributed by atoms with van der Waals surface area (Å²) in [5.41, 5.74) is 10.1. The molecule has 0 saturated heterocycles. The van der Waals surface area contributed by atoms with Crippen molar-refractivity contribution in [2.24, 2.45) is 0 Å².